The van der Waals surface area contributed by atoms with Gasteiger partial charge in [-0.15, -0.1) is 11.3 Å². The van der Waals surface area contributed by atoms with Crippen LogP contribution in [-0.2, 0) is 24.8 Å². The third-order valence-corrected chi connectivity index (χ3v) is 5.88. The SMILES string of the molecule is C=C(/C=C\N)Cc1nc2c(s1)c1cnn(Cc3nc(NC(C)=O)ccc3F)c(=O)c1n2C. The number of hydrogen-bond donors (Lipinski definition) is 2. The van der Waals surface area contributed by atoms with Crippen LogP contribution in [0.4, 0.5) is 10.2 Å². The molecule has 0 bridgehead atoms. The first-order valence-electron chi connectivity index (χ1n) is 9.61. The van der Waals surface area contributed by atoms with E-state index in [4.69, 9.17) is 5.73 Å². The van der Waals surface area contributed by atoms with Crippen molar-refractivity contribution in [2.75, 3.05) is 5.32 Å². The summed E-state index contributed by atoms with van der Waals surface area (Å²) in [7, 11) is 1.75. The van der Waals surface area contributed by atoms with Gasteiger partial charge in [0.2, 0.25) is 5.91 Å². The summed E-state index contributed by atoms with van der Waals surface area (Å²) in [6, 6.07) is 2.54. The number of amides is 1. The van der Waals surface area contributed by atoms with Crippen molar-refractivity contribution in [3.05, 3.63) is 69.6 Å². The third kappa shape index (κ3) is 3.89. The smallest absolute Gasteiger partial charge is 0.291 e. The van der Waals surface area contributed by atoms with Crippen molar-refractivity contribution in [2.45, 2.75) is 19.9 Å². The Morgan fingerprint density at radius 2 is 2.16 bits per heavy atom. The number of aryl methyl sites for hydroxylation is 1. The quantitative estimate of drug-likeness (QED) is 0.433. The van der Waals surface area contributed by atoms with E-state index in [1.807, 2.05) is 0 Å². The van der Waals surface area contributed by atoms with E-state index in [0.717, 1.165) is 20.0 Å². The number of nitrogens with two attached hydrogens (primary N) is 1. The largest absolute Gasteiger partial charge is 0.405 e. The van der Waals surface area contributed by atoms with Gasteiger partial charge in [0.15, 0.2) is 5.65 Å². The van der Waals surface area contributed by atoms with E-state index in [9.17, 15) is 14.0 Å². The maximum Gasteiger partial charge on any atom is 0.291 e. The number of halogens is 1. The predicted octanol–water partition coefficient (Wildman–Crippen LogP) is 2.46. The standard InChI is InChI=1S/C21H20FN7O2S/c1-11(6-7-23)8-17-27-20-19(32-17)13-9-24-29(21(31)18(13)28(20)3)10-15-14(22)4-5-16(26-15)25-12(2)30/h4-7,9H,1,8,10,23H2,2-3H3,(H,25,26,30)/b7-6-. The zero-order valence-electron chi connectivity index (χ0n) is 17.4. The molecule has 0 unspecified atom stereocenters. The zero-order valence-corrected chi connectivity index (χ0v) is 18.2. The Morgan fingerprint density at radius 3 is 2.88 bits per heavy atom. The molecule has 1 amide bonds. The van der Waals surface area contributed by atoms with E-state index in [0.29, 0.717) is 23.0 Å². The van der Waals surface area contributed by atoms with Crippen molar-refractivity contribution in [3.8, 4) is 0 Å². The molecule has 4 heterocycles. The molecule has 0 aliphatic rings. The Labute approximate surface area is 185 Å². The van der Waals surface area contributed by atoms with Crippen LogP contribution in [0.1, 0.15) is 17.6 Å². The first-order valence-corrected chi connectivity index (χ1v) is 10.4. The Balaban J connectivity index is 1.73. The van der Waals surface area contributed by atoms with Crippen LogP contribution in [-0.4, -0.2) is 30.2 Å². The normalized spacial score (nSPS) is 11.6. The number of rotatable bonds is 6. The number of carbonyl (C=O) groups is 1. The predicted molar refractivity (Wildman–Crippen MR) is 122 cm³/mol. The van der Waals surface area contributed by atoms with Crippen molar-refractivity contribution >= 4 is 44.3 Å². The van der Waals surface area contributed by atoms with Gasteiger partial charge in [0, 0.05) is 25.8 Å². The minimum atomic E-state index is -0.598. The van der Waals surface area contributed by atoms with Crippen molar-refractivity contribution in [1.29, 1.82) is 0 Å². The molecular weight excluding hydrogens is 433 g/mol. The van der Waals surface area contributed by atoms with Gasteiger partial charge in [-0.3, -0.25) is 9.59 Å². The highest BCUT2D eigenvalue weighted by atomic mass is 32.1. The van der Waals surface area contributed by atoms with Crippen molar-refractivity contribution < 1.29 is 9.18 Å². The van der Waals surface area contributed by atoms with E-state index >= 15 is 0 Å². The average Bonchev–Trinajstić information content (AvgIpc) is 3.24. The maximum absolute atomic E-state index is 14.3. The summed E-state index contributed by atoms with van der Waals surface area (Å²) in [6.07, 6.45) is 5.28. The molecule has 0 aliphatic carbocycles. The lowest BCUT2D eigenvalue weighted by atomic mass is 10.2. The van der Waals surface area contributed by atoms with Crippen LogP contribution in [0.15, 0.2) is 47.6 Å². The topological polar surface area (TPSA) is 121 Å². The lowest BCUT2D eigenvalue weighted by molar-refractivity contribution is -0.114. The van der Waals surface area contributed by atoms with Crippen LogP contribution in [0.3, 0.4) is 0 Å². The number of hydrogen-bond acceptors (Lipinski definition) is 7. The summed E-state index contributed by atoms with van der Waals surface area (Å²) in [5.74, 6) is -0.728. The fourth-order valence-electron chi connectivity index (χ4n) is 3.40. The number of fused-ring (bicyclic) bond motifs is 3. The van der Waals surface area contributed by atoms with Gasteiger partial charge in [-0.1, -0.05) is 6.58 Å². The van der Waals surface area contributed by atoms with Gasteiger partial charge in [0.1, 0.15) is 27.9 Å². The number of thiazole rings is 1. The lowest BCUT2D eigenvalue weighted by Gasteiger charge is -2.08. The molecule has 0 fully saturated rings. The minimum Gasteiger partial charge on any atom is -0.405 e. The molecule has 0 atom stereocenters. The molecule has 4 aromatic heterocycles. The second kappa shape index (κ2) is 8.35. The van der Waals surface area contributed by atoms with Gasteiger partial charge in [0.05, 0.1) is 17.4 Å². The fraction of sp³-hybridized carbons (Fsp3) is 0.190. The number of anilines is 1. The molecule has 9 nitrogen and oxygen atoms in total. The van der Waals surface area contributed by atoms with Crippen molar-refractivity contribution in [2.24, 2.45) is 12.8 Å². The Kier molecular flexibility index (Phi) is 5.57. The molecule has 3 N–H and O–H groups in total. The van der Waals surface area contributed by atoms with E-state index in [2.05, 4.69) is 27.0 Å². The van der Waals surface area contributed by atoms with E-state index in [1.165, 1.54) is 36.6 Å². The number of nitrogens with one attached hydrogen (secondary N) is 1. The first-order chi connectivity index (χ1) is 15.3. The number of allylic oxidation sites excluding steroid dienone is 2. The van der Waals surface area contributed by atoms with Gasteiger partial charge >= 0.3 is 0 Å². The number of nitrogens with zero attached hydrogens (tertiary/aromatic N) is 5. The fourth-order valence-corrected chi connectivity index (χ4v) is 4.56. The van der Waals surface area contributed by atoms with Gasteiger partial charge < -0.3 is 15.6 Å². The van der Waals surface area contributed by atoms with E-state index in [-0.39, 0.29) is 24.0 Å². The molecule has 164 valence electrons. The summed E-state index contributed by atoms with van der Waals surface area (Å²) in [5, 5.41) is 8.25. The van der Waals surface area contributed by atoms with Crippen LogP contribution in [0.2, 0.25) is 0 Å². The number of pyridine rings is 1. The highest BCUT2D eigenvalue weighted by Crippen LogP contribution is 2.31. The second-order valence-electron chi connectivity index (χ2n) is 7.19. The molecule has 11 heteroatoms. The summed E-state index contributed by atoms with van der Waals surface area (Å²) in [5.41, 5.74) is 6.92. The molecule has 32 heavy (non-hydrogen) atoms. The van der Waals surface area contributed by atoms with Crippen LogP contribution in [0, 0.1) is 5.82 Å². The summed E-state index contributed by atoms with van der Waals surface area (Å²) in [4.78, 5) is 33.1. The molecule has 0 spiro atoms. The van der Waals surface area contributed by atoms with Gasteiger partial charge in [-0.05, 0) is 30.0 Å². The average molecular weight is 454 g/mol. The van der Waals surface area contributed by atoms with Crippen LogP contribution >= 0.6 is 11.3 Å². The Morgan fingerprint density at radius 1 is 1.38 bits per heavy atom. The van der Waals surface area contributed by atoms with Gasteiger partial charge in [-0.2, -0.15) is 5.10 Å². The van der Waals surface area contributed by atoms with Crippen LogP contribution < -0.4 is 16.6 Å². The molecule has 4 rings (SSSR count). The molecule has 0 aliphatic heterocycles. The first kappa shape index (κ1) is 21.4. The van der Waals surface area contributed by atoms with Crippen molar-refractivity contribution in [3.63, 3.8) is 0 Å². The minimum absolute atomic E-state index is 0.00639. The molecule has 4 aromatic rings. The summed E-state index contributed by atoms with van der Waals surface area (Å²) >= 11 is 1.46. The van der Waals surface area contributed by atoms with Crippen LogP contribution in [0.25, 0.3) is 21.3 Å². The Hall–Kier alpha value is -3.86. The summed E-state index contributed by atoms with van der Waals surface area (Å²) < 4.78 is 18.0. The highest BCUT2D eigenvalue weighted by molar-refractivity contribution is 7.19. The van der Waals surface area contributed by atoms with Gasteiger partial charge in [0.25, 0.3) is 5.56 Å². The van der Waals surface area contributed by atoms with Crippen molar-refractivity contribution in [1.82, 2.24) is 24.3 Å². The molecule has 0 saturated carbocycles. The lowest BCUT2D eigenvalue weighted by Crippen LogP contribution is -2.25. The molecule has 0 saturated heterocycles. The summed E-state index contributed by atoms with van der Waals surface area (Å²) in [6.45, 7) is 5.09. The molecule has 0 aromatic carbocycles. The maximum atomic E-state index is 14.3. The van der Waals surface area contributed by atoms with Crippen LogP contribution in [0.5, 0.6) is 0 Å². The highest BCUT2D eigenvalue weighted by Gasteiger charge is 2.19. The van der Waals surface area contributed by atoms with E-state index < -0.39 is 11.4 Å². The second-order valence-corrected chi connectivity index (χ2v) is 8.27. The number of carbonyl (C=O) groups excluding carboxylic acids is 1. The zero-order chi connectivity index (χ0) is 23.0. The number of aromatic nitrogens is 5. The molecule has 0 radical (unpaired) electrons. The van der Waals surface area contributed by atoms with Gasteiger partial charge in [-0.25, -0.2) is 19.0 Å². The van der Waals surface area contributed by atoms with E-state index in [1.54, 1.807) is 23.9 Å². The molecular formula is C21H20FN7O2S. The third-order valence-electron chi connectivity index (χ3n) is 4.80. The Bertz CT molecular complexity index is 1460. The monoisotopic (exact) mass is 453 g/mol.